The number of nitrogens with one attached hydrogen (secondary N) is 1. The number of rotatable bonds is 2. The normalized spacial score (nSPS) is 13.7. The van der Waals surface area contributed by atoms with Crippen molar-refractivity contribution in [3.05, 3.63) is 72.4 Å². The molecule has 128 valence electrons. The van der Waals surface area contributed by atoms with Crippen LogP contribution in [0.5, 0.6) is 0 Å². The van der Waals surface area contributed by atoms with Gasteiger partial charge in [-0.1, -0.05) is 30.3 Å². The number of benzene rings is 2. The van der Waals surface area contributed by atoms with E-state index in [1.807, 2.05) is 53.2 Å². The first-order valence-electron chi connectivity index (χ1n) is 8.71. The molecule has 1 aliphatic heterocycles. The minimum absolute atomic E-state index is 0.221. The molecule has 1 aliphatic rings. The summed E-state index contributed by atoms with van der Waals surface area (Å²) in [5.41, 5.74) is 4.31. The van der Waals surface area contributed by atoms with Crippen molar-refractivity contribution in [2.45, 2.75) is 13.1 Å². The summed E-state index contributed by atoms with van der Waals surface area (Å²) in [6.07, 6.45) is 3.52. The second kappa shape index (κ2) is 6.04. The highest BCUT2D eigenvalue weighted by molar-refractivity contribution is 5.91. The number of hydrogen-bond donors (Lipinski definition) is 1. The van der Waals surface area contributed by atoms with Crippen molar-refractivity contribution in [3.8, 4) is 22.4 Å². The summed E-state index contributed by atoms with van der Waals surface area (Å²) in [5.74, 6) is -0.221. The van der Waals surface area contributed by atoms with E-state index < -0.39 is 0 Å². The van der Waals surface area contributed by atoms with Crippen molar-refractivity contribution in [3.63, 3.8) is 0 Å². The van der Waals surface area contributed by atoms with Gasteiger partial charge in [-0.2, -0.15) is 5.10 Å². The van der Waals surface area contributed by atoms with Gasteiger partial charge in [0.2, 0.25) is 0 Å². The molecule has 0 unspecified atom stereocenters. The molecule has 0 atom stereocenters. The fourth-order valence-electron chi connectivity index (χ4n) is 3.68. The van der Waals surface area contributed by atoms with Gasteiger partial charge in [0.1, 0.15) is 11.5 Å². The molecule has 4 nitrogen and oxygen atoms in total. The van der Waals surface area contributed by atoms with Crippen LogP contribution >= 0.6 is 0 Å². The summed E-state index contributed by atoms with van der Waals surface area (Å²) >= 11 is 0. The Morgan fingerprint density at radius 2 is 1.85 bits per heavy atom. The van der Waals surface area contributed by atoms with Gasteiger partial charge in [0.15, 0.2) is 0 Å². The van der Waals surface area contributed by atoms with Crippen LogP contribution in [0.2, 0.25) is 0 Å². The minimum atomic E-state index is -0.221. The van der Waals surface area contributed by atoms with E-state index in [0.717, 1.165) is 41.8 Å². The molecular formula is C21H17FN4. The first-order chi connectivity index (χ1) is 12.8. The van der Waals surface area contributed by atoms with Gasteiger partial charge in [-0.15, -0.1) is 0 Å². The second-order valence-electron chi connectivity index (χ2n) is 6.45. The summed E-state index contributed by atoms with van der Waals surface area (Å²) in [5, 5.41) is 9.68. The molecule has 0 radical (unpaired) electrons. The van der Waals surface area contributed by atoms with Crippen LogP contribution in [0, 0.1) is 5.82 Å². The van der Waals surface area contributed by atoms with Crippen LogP contribution in [0.4, 0.5) is 4.39 Å². The summed E-state index contributed by atoms with van der Waals surface area (Å²) in [6.45, 7) is 2.37. The molecular weight excluding hydrogens is 327 g/mol. The van der Waals surface area contributed by atoms with E-state index in [9.17, 15) is 0 Å². The summed E-state index contributed by atoms with van der Waals surface area (Å²) in [7, 11) is 0. The third-order valence-electron chi connectivity index (χ3n) is 4.94. The molecule has 5 heteroatoms. The molecule has 4 aromatic rings. The van der Waals surface area contributed by atoms with Crippen molar-refractivity contribution in [2.75, 3.05) is 6.54 Å². The highest BCUT2D eigenvalue weighted by Gasteiger charge is 2.24. The van der Waals surface area contributed by atoms with Crippen LogP contribution in [-0.2, 0) is 13.1 Å². The van der Waals surface area contributed by atoms with Gasteiger partial charge in [0.25, 0.3) is 0 Å². The van der Waals surface area contributed by atoms with E-state index in [4.69, 9.17) is 5.10 Å². The maximum atomic E-state index is 15.3. The Morgan fingerprint density at radius 3 is 2.73 bits per heavy atom. The summed E-state index contributed by atoms with van der Waals surface area (Å²) in [6, 6.07) is 15.2. The topological polar surface area (TPSA) is 42.7 Å². The highest BCUT2D eigenvalue weighted by atomic mass is 19.1. The molecule has 0 spiro atoms. The van der Waals surface area contributed by atoms with Gasteiger partial charge >= 0.3 is 0 Å². The fourth-order valence-corrected chi connectivity index (χ4v) is 3.68. The Balaban J connectivity index is 1.80. The van der Waals surface area contributed by atoms with E-state index in [1.165, 1.54) is 0 Å². The Morgan fingerprint density at radius 1 is 1.00 bits per heavy atom. The molecule has 0 aliphatic carbocycles. The van der Waals surface area contributed by atoms with Crippen molar-refractivity contribution in [2.24, 2.45) is 0 Å². The first kappa shape index (κ1) is 15.2. The second-order valence-corrected chi connectivity index (χ2v) is 6.45. The van der Waals surface area contributed by atoms with Gasteiger partial charge in [-0.3, -0.25) is 9.67 Å². The molecule has 26 heavy (non-hydrogen) atoms. The maximum absolute atomic E-state index is 15.3. The summed E-state index contributed by atoms with van der Waals surface area (Å²) < 4.78 is 17.3. The average Bonchev–Trinajstić information content (AvgIpc) is 3.08. The van der Waals surface area contributed by atoms with Crippen molar-refractivity contribution < 1.29 is 4.39 Å². The maximum Gasteiger partial charge on any atom is 0.140 e. The molecule has 3 heterocycles. The lowest BCUT2D eigenvalue weighted by atomic mass is 9.97. The Bertz CT molecular complexity index is 1100. The van der Waals surface area contributed by atoms with Crippen molar-refractivity contribution in [1.29, 1.82) is 0 Å². The van der Waals surface area contributed by atoms with E-state index in [2.05, 4.69) is 10.3 Å². The van der Waals surface area contributed by atoms with Crippen molar-refractivity contribution >= 4 is 10.8 Å². The van der Waals surface area contributed by atoms with Gasteiger partial charge in [-0.25, -0.2) is 4.39 Å². The first-order valence-corrected chi connectivity index (χ1v) is 8.71. The van der Waals surface area contributed by atoms with Gasteiger partial charge in [0.05, 0.1) is 12.2 Å². The third-order valence-corrected chi connectivity index (χ3v) is 4.94. The van der Waals surface area contributed by atoms with E-state index in [1.54, 1.807) is 12.4 Å². The number of hydrogen-bond acceptors (Lipinski definition) is 3. The number of nitrogens with zero attached hydrogens (tertiary/aromatic N) is 3. The fraction of sp³-hybridized carbons (Fsp3) is 0.143. The van der Waals surface area contributed by atoms with E-state index in [0.29, 0.717) is 16.6 Å². The van der Waals surface area contributed by atoms with Gasteiger partial charge in [-0.05, 0) is 29.1 Å². The lowest BCUT2D eigenvalue weighted by molar-refractivity contribution is 0.477. The largest absolute Gasteiger partial charge is 0.309 e. The predicted octanol–water partition coefficient (Wildman–Crippen LogP) is 4.01. The van der Waals surface area contributed by atoms with E-state index >= 15 is 4.39 Å². The number of halogens is 1. The van der Waals surface area contributed by atoms with Crippen LogP contribution in [0.1, 0.15) is 5.69 Å². The molecule has 2 aromatic heterocycles. The molecule has 0 amide bonds. The lowest BCUT2D eigenvalue weighted by Gasteiger charge is -2.16. The Labute approximate surface area is 150 Å². The Hall–Kier alpha value is -3.05. The van der Waals surface area contributed by atoms with Crippen LogP contribution in [0.15, 0.2) is 60.9 Å². The van der Waals surface area contributed by atoms with Crippen LogP contribution < -0.4 is 5.32 Å². The average molecular weight is 344 g/mol. The highest BCUT2D eigenvalue weighted by Crippen LogP contribution is 2.37. The van der Waals surface area contributed by atoms with E-state index in [-0.39, 0.29) is 5.82 Å². The number of fused-ring (bicyclic) bond motifs is 2. The summed E-state index contributed by atoms with van der Waals surface area (Å²) in [4.78, 5) is 4.11. The third kappa shape index (κ3) is 2.32. The molecule has 0 bridgehead atoms. The van der Waals surface area contributed by atoms with Gasteiger partial charge < -0.3 is 5.32 Å². The monoisotopic (exact) mass is 344 g/mol. The van der Waals surface area contributed by atoms with Gasteiger partial charge in [0, 0.05) is 42.0 Å². The minimum Gasteiger partial charge on any atom is -0.309 e. The smallest absolute Gasteiger partial charge is 0.140 e. The zero-order chi connectivity index (χ0) is 17.5. The lowest BCUT2D eigenvalue weighted by Crippen LogP contribution is -2.28. The van der Waals surface area contributed by atoms with Crippen LogP contribution in [0.3, 0.4) is 0 Å². The standard InChI is InChI=1S/C21H17FN4/c22-20-16-4-2-1-3-14(16)5-6-17(20)21-19(15-7-9-23-10-8-15)18-13-24-11-12-26(18)25-21/h1-10,24H,11-13H2. The molecule has 0 saturated carbocycles. The van der Waals surface area contributed by atoms with Crippen molar-refractivity contribution in [1.82, 2.24) is 20.1 Å². The molecule has 5 rings (SSSR count). The molecule has 2 aromatic carbocycles. The Kier molecular flexibility index (Phi) is 3.53. The molecule has 0 fully saturated rings. The SMILES string of the molecule is Fc1c(-c2nn3c(c2-c2ccncc2)CNCC3)ccc2ccccc12. The number of pyridine rings is 1. The molecule has 0 saturated heterocycles. The predicted molar refractivity (Wildman–Crippen MR) is 100 cm³/mol. The van der Waals surface area contributed by atoms with Crippen LogP contribution in [-0.4, -0.2) is 21.3 Å². The number of aromatic nitrogens is 3. The zero-order valence-electron chi connectivity index (χ0n) is 14.1. The quantitative estimate of drug-likeness (QED) is 0.597. The molecule has 1 N–H and O–H groups in total. The van der Waals surface area contributed by atoms with Crippen LogP contribution in [0.25, 0.3) is 33.2 Å². The zero-order valence-corrected chi connectivity index (χ0v) is 14.1.